The molecule has 0 aliphatic carbocycles. The van der Waals surface area contributed by atoms with Crippen LogP contribution in [0.15, 0.2) is 30.3 Å². The van der Waals surface area contributed by atoms with Gasteiger partial charge in [0.15, 0.2) is 0 Å². The van der Waals surface area contributed by atoms with E-state index in [1.807, 2.05) is 12.1 Å². The molecular formula is C18H18O3. The molecule has 4 rings (SSSR count). The molecule has 21 heavy (non-hydrogen) atoms. The molecule has 0 saturated heterocycles. The van der Waals surface area contributed by atoms with Gasteiger partial charge >= 0.3 is 0 Å². The Morgan fingerprint density at radius 1 is 1.00 bits per heavy atom. The first-order chi connectivity index (χ1) is 10.2. The summed E-state index contributed by atoms with van der Waals surface area (Å²) in [5, 5.41) is 0. The summed E-state index contributed by atoms with van der Waals surface area (Å²) in [5.41, 5.74) is 4.90. The molecule has 2 atom stereocenters. The summed E-state index contributed by atoms with van der Waals surface area (Å²) in [6.07, 6.45) is 0.0511. The van der Waals surface area contributed by atoms with Gasteiger partial charge in [-0.15, -0.1) is 0 Å². The zero-order valence-electron chi connectivity index (χ0n) is 12.5. The Morgan fingerprint density at radius 2 is 1.81 bits per heavy atom. The van der Waals surface area contributed by atoms with E-state index in [9.17, 15) is 0 Å². The molecule has 0 amide bonds. The first-order valence-corrected chi connectivity index (χ1v) is 7.26. The maximum atomic E-state index is 6.21. The molecular weight excluding hydrogens is 264 g/mol. The van der Waals surface area contributed by atoms with E-state index >= 15 is 0 Å². The fraction of sp³-hybridized carbons (Fsp3) is 0.333. The van der Waals surface area contributed by atoms with Crippen LogP contribution in [-0.2, 0) is 0 Å². The number of ether oxygens (including phenoxy) is 3. The van der Waals surface area contributed by atoms with Gasteiger partial charge in [-0.25, -0.2) is 0 Å². The fourth-order valence-corrected chi connectivity index (χ4v) is 3.23. The number of aryl methyl sites for hydroxylation is 2. The van der Waals surface area contributed by atoms with Crippen LogP contribution >= 0.6 is 0 Å². The third-order valence-corrected chi connectivity index (χ3v) is 4.59. The van der Waals surface area contributed by atoms with Crippen LogP contribution in [0.1, 0.15) is 34.3 Å². The highest BCUT2D eigenvalue weighted by atomic mass is 16.5. The van der Waals surface area contributed by atoms with E-state index in [0.29, 0.717) is 6.61 Å². The Labute approximate surface area is 124 Å². The molecule has 0 bridgehead atoms. The zero-order chi connectivity index (χ0) is 14.6. The van der Waals surface area contributed by atoms with Gasteiger partial charge in [-0.1, -0.05) is 6.07 Å². The summed E-state index contributed by atoms with van der Waals surface area (Å²) in [7, 11) is 1.67. The van der Waals surface area contributed by atoms with Crippen molar-refractivity contribution in [2.24, 2.45) is 0 Å². The Morgan fingerprint density at radius 3 is 2.62 bits per heavy atom. The van der Waals surface area contributed by atoms with E-state index < -0.39 is 0 Å². The van der Waals surface area contributed by atoms with Crippen molar-refractivity contribution in [2.75, 3.05) is 13.7 Å². The molecule has 2 aromatic carbocycles. The summed E-state index contributed by atoms with van der Waals surface area (Å²) in [4.78, 5) is 0. The summed E-state index contributed by atoms with van der Waals surface area (Å²) < 4.78 is 17.5. The molecule has 2 aromatic rings. The van der Waals surface area contributed by atoms with Crippen molar-refractivity contribution in [3.05, 3.63) is 52.6 Å². The van der Waals surface area contributed by atoms with Crippen LogP contribution in [0.2, 0.25) is 0 Å². The molecule has 2 aliphatic heterocycles. The Balaban J connectivity index is 1.79. The second kappa shape index (κ2) is 4.42. The predicted molar refractivity (Wildman–Crippen MR) is 80.5 cm³/mol. The summed E-state index contributed by atoms with van der Waals surface area (Å²) in [6, 6.07) is 10.4. The van der Waals surface area contributed by atoms with Gasteiger partial charge in [-0.3, -0.25) is 0 Å². The minimum absolute atomic E-state index is 0.0511. The lowest BCUT2D eigenvalue weighted by Gasteiger charge is -2.28. The van der Waals surface area contributed by atoms with E-state index in [1.165, 1.54) is 16.7 Å². The molecule has 0 saturated carbocycles. The van der Waals surface area contributed by atoms with Crippen LogP contribution in [0.3, 0.4) is 0 Å². The van der Waals surface area contributed by atoms with Crippen molar-refractivity contribution in [3.63, 3.8) is 0 Å². The van der Waals surface area contributed by atoms with Gasteiger partial charge in [0.05, 0.1) is 19.6 Å². The second-order valence-electron chi connectivity index (χ2n) is 5.83. The molecule has 2 heterocycles. The first kappa shape index (κ1) is 12.6. The fourth-order valence-electron chi connectivity index (χ4n) is 3.23. The molecule has 0 radical (unpaired) electrons. The van der Waals surface area contributed by atoms with Crippen molar-refractivity contribution >= 4 is 0 Å². The number of hydrogen-bond donors (Lipinski definition) is 0. The van der Waals surface area contributed by atoms with Crippen LogP contribution < -0.4 is 14.2 Å². The zero-order valence-corrected chi connectivity index (χ0v) is 12.5. The largest absolute Gasteiger partial charge is 0.497 e. The molecule has 3 nitrogen and oxygen atoms in total. The van der Waals surface area contributed by atoms with E-state index in [1.54, 1.807) is 7.11 Å². The van der Waals surface area contributed by atoms with Gasteiger partial charge in [-0.05, 0) is 43.2 Å². The van der Waals surface area contributed by atoms with Crippen LogP contribution in [-0.4, -0.2) is 13.7 Å². The molecule has 108 valence electrons. The third kappa shape index (κ3) is 1.80. The van der Waals surface area contributed by atoms with E-state index in [0.717, 1.165) is 22.8 Å². The van der Waals surface area contributed by atoms with Gasteiger partial charge in [0.1, 0.15) is 23.4 Å². The molecule has 0 fully saturated rings. The van der Waals surface area contributed by atoms with Gasteiger partial charge in [0.25, 0.3) is 0 Å². The van der Waals surface area contributed by atoms with Crippen LogP contribution in [0.25, 0.3) is 0 Å². The third-order valence-electron chi connectivity index (χ3n) is 4.59. The highest BCUT2D eigenvalue weighted by Gasteiger charge is 2.40. The molecule has 2 aliphatic rings. The smallest absolute Gasteiger partial charge is 0.138 e. The van der Waals surface area contributed by atoms with Crippen molar-refractivity contribution in [1.29, 1.82) is 0 Å². The number of hydrogen-bond acceptors (Lipinski definition) is 3. The predicted octanol–water partition coefficient (Wildman–Crippen LogP) is 3.92. The van der Waals surface area contributed by atoms with Crippen molar-refractivity contribution in [2.45, 2.75) is 25.9 Å². The first-order valence-electron chi connectivity index (χ1n) is 7.26. The van der Waals surface area contributed by atoms with E-state index in [4.69, 9.17) is 14.2 Å². The minimum atomic E-state index is 0.0511. The highest BCUT2D eigenvalue weighted by molar-refractivity contribution is 5.52. The van der Waals surface area contributed by atoms with Crippen molar-refractivity contribution in [1.82, 2.24) is 0 Å². The van der Waals surface area contributed by atoms with E-state index in [-0.39, 0.29) is 12.0 Å². The lowest BCUT2D eigenvalue weighted by atomic mass is 9.88. The summed E-state index contributed by atoms with van der Waals surface area (Å²) >= 11 is 0. The molecule has 0 N–H and O–H groups in total. The monoisotopic (exact) mass is 282 g/mol. The second-order valence-corrected chi connectivity index (χ2v) is 5.83. The molecule has 0 spiro atoms. The summed E-state index contributed by atoms with van der Waals surface area (Å²) in [6.45, 7) is 4.91. The lowest BCUT2D eigenvalue weighted by molar-refractivity contribution is 0.139. The number of methoxy groups -OCH3 is 1. The van der Waals surface area contributed by atoms with Gasteiger partial charge < -0.3 is 14.2 Å². The van der Waals surface area contributed by atoms with Crippen LogP contribution in [0.5, 0.6) is 17.2 Å². The van der Waals surface area contributed by atoms with Crippen LogP contribution in [0, 0.1) is 13.8 Å². The van der Waals surface area contributed by atoms with Gasteiger partial charge in [0, 0.05) is 17.2 Å². The van der Waals surface area contributed by atoms with Gasteiger partial charge in [-0.2, -0.15) is 0 Å². The minimum Gasteiger partial charge on any atom is -0.497 e. The van der Waals surface area contributed by atoms with Crippen molar-refractivity contribution in [3.8, 4) is 17.2 Å². The quantitative estimate of drug-likeness (QED) is 0.793. The van der Waals surface area contributed by atoms with E-state index in [2.05, 4.69) is 32.0 Å². The molecule has 3 heteroatoms. The average molecular weight is 282 g/mol. The van der Waals surface area contributed by atoms with Crippen molar-refractivity contribution < 1.29 is 14.2 Å². The maximum absolute atomic E-state index is 6.21. The topological polar surface area (TPSA) is 27.7 Å². The lowest BCUT2D eigenvalue weighted by Crippen LogP contribution is -2.23. The highest BCUT2D eigenvalue weighted by Crippen LogP contribution is 2.52. The molecule has 0 aromatic heterocycles. The molecule has 0 unspecified atom stereocenters. The average Bonchev–Trinajstić information content (AvgIpc) is 2.86. The standard InChI is InChI=1S/C18H18O3/c1-10-6-14-16(7-11(10)2)20-9-15-13-5-4-12(19-3)8-17(13)21-18(14)15/h4-8,15,18H,9H2,1-3H3/t15-,18-/m0/s1. The summed E-state index contributed by atoms with van der Waals surface area (Å²) in [5.74, 6) is 2.97. The number of rotatable bonds is 1. The number of benzene rings is 2. The van der Waals surface area contributed by atoms with Gasteiger partial charge in [0.2, 0.25) is 0 Å². The Hall–Kier alpha value is -2.16. The maximum Gasteiger partial charge on any atom is 0.138 e. The normalized spacial score (nSPS) is 21.7. The Bertz CT molecular complexity index is 721. The van der Waals surface area contributed by atoms with Crippen LogP contribution in [0.4, 0.5) is 0 Å². The Kier molecular flexibility index (Phi) is 2.64. The number of fused-ring (bicyclic) bond motifs is 5. The SMILES string of the molecule is COc1ccc2c(c1)O[C@H]1c3cc(C)c(C)cc3OC[C@@H]21.